The molecular weight excluding hydrogens is 754 g/mol. The van der Waals surface area contributed by atoms with Gasteiger partial charge in [-0.25, -0.2) is 13.1 Å². The van der Waals surface area contributed by atoms with Crippen LogP contribution in [0.5, 0.6) is 0 Å². The molecule has 15 heteroatoms. The quantitative estimate of drug-likeness (QED) is 0.113. The zero-order valence-corrected chi connectivity index (χ0v) is 33.5. The number of halogens is 1. The summed E-state index contributed by atoms with van der Waals surface area (Å²) in [6.07, 6.45) is 8.70. The predicted octanol–water partition coefficient (Wildman–Crippen LogP) is 6.00. The highest BCUT2D eigenvalue weighted by atomic mass is 35.5. The van der Waals surface area contributed by atoms with E-state index < -0.39 is 20.9 Å². The zero-order chi connectivity index (χ0) is 39.5. The molecule has 7 rings (SSSR count). The van der Waals surface area contributed by atoms with Gasteiger partial charge in [0.15, 0.2) is 0 Å². The van der Waals surface area contributed by atoms with Crippen LogP contribution in [-0.4, -0.2) is 93.9 Å². The molecule has 300 valence electrons. The zero-order valence-electron chi connectivity index (χ0n) is 32.0. The largest absolute Gasteiger partial charge is 0.379 e. The first-order valence-electron chi connectivity index (χ1n) is 19.8. The molecular formula is C41H52ClN7O6S. The predicted molar refractivity (Wildman–Crippen MR) is 218 cm³/mol. The van der Waals surface area contributed by atoms with Crippen LogP contribution in [0.15, 0.2) is 65.6 Å². The summed E-state index contributed by atoms with van der Waals surface area (Å²) >= 11 is 6.58. The molecule has 2 heterocycles. The number of hydrogen-bond acceptors (Lipinski definition) is 10. The maximum atomic E-state index is 13.3. The molecule has 2 saturated heterocycles. The van der Waals surface area contributed by atoms with E-state index in [9.17, 15) is 28.1 Å². The van der Waals surface area contributed by atoms with Crippen molar-refractivity contribution in [2.75, 3.05) is 69.1 Å². The van der Waals surface area contributed by atoms with Gasteiger partial charge >= 0.3 is 0 Å². The van der Waals surface area contributed by atoms with Gasteiger partial charge < -0.3 is 20.4 Å². The van der Waals surface area contributed by atoms with Crippen LogP contribution in [-0.2, 0) is 21.2 Å². The summed E-state index contributed by atoms with van der Waals surface area (Å²) in [5.41, 5.74) is 3.92. The van der Waals surface area contributed by atoms with Crippen molar-refractivity contribution in [1.82, 2.24) is 19.8 Å². The Kier molecular flexibility index (Phi) is 12.2. The average Bonchev–Trinajstić information content (AvgIpc) is 3.40. The Bertz CT molecular complexity index is 2020. The molecule has 2 aliphatic carbocycles. The Balaban J connectivity index is 0.897. The van der Waals surface area contributed by atoms with E-state index >= 15 is 0 Å². The number of carbonyl (C=O) groups excluding carboxylic acids is 2. The maximum Gasteiger partial charge on any atom is 0.293 e. The van der Waals surface area contributed by atoms with Crippen molar-refractivity contribution in [2.45, 2.75) is 69.2 Å². The first-order valence-corrected chi connectivity index (χ1v) is 21.7. The van der Waals surface area contributed by atoms with E-state index in [4.69, 9.17) is 11.6 Å². The molecule has 1 spiro atoms. The first-order chi connectivity index (χ1) is 26.9. The van der Waals surface area contributed by atoms with Crippen molar-refractivity contribution in [3.8, 4) is 0 Å². The number of sulfonamides is 1. The first kappa shape index (κ1) is 40.0. The lowest BCUT2D eigenvalue weighted by Crippen LogP contribution is -2.49. The normalized spacial score (nSPS) is 20.4. The van der Waals surface area contributed by atoms with Crippen LogP contribution in [0.25, 0.3) is 0 Å². The Morgan fingerprint density at radius 1 is 0.964 bits per heavy atom. The Morgan fingerprint density at radius 2 is 1.70 bits per heavy atom. The van der Waals surface area contributed by atoms with Crippen molar-refractivity contribution in [2.24, 2.45) is 11.3 Å². The molecule has 1 saturated carbocycles. The minimum atomic E-state index is -4.39. The number of hydrogen-bond donors (Lipinski definition) is 3. The molecule has 0 radical (unpaired) electrons. The monoisotopic (exact) mass is 805 g/mol. The highest BCUT2D eigenvalue weighted by molar-refractivity contribution is 7.90. The Morgan fingerprint density at radius 3 is 2.39 bits per heavy atom. The second kappa shape index (κ2) is 17.1. The molecule has 0 bridgehead atoms. The van der Waals surface area contributed by atoms with Gasteiger partial charge in [0.05, 0.1) is 9.82 Å². The summed E-state index contributed by atoms with van der Waals surface area (Å²) in [7, 11) is -4.39. The number of piperidine rings is 1. The van der Waals surface area contributed by atoms with Crippen molar-refractivity contribution in [3.05, 3.63) is 92.5 Å². The van der Waals surface area contributed by atoms with Crippen LogP contribution in [0.1, 0.15) is 79.4 Å². The smallest absolute Gasteiger partial charge is 0.293 e. The topological polar surface area (TPSA) is 157 Å². The van der Waals surface area contributed by atoms with Crippen molar-refractivity contribution < 1.29 is 22.9 Å². The van der Waals surface area contributed by atoms with Gasteiger partial charge in [-0.3, -0.25) is 24.6 Å². The fraction of sp³-hybridized carbons (Fsp3) is 0.512. The van der Waals surface area contributed by atoms with E-state index in [-0.39, 0.29) is 27.7 Å². The Hall–Kier alpha value is -4.24. The molecule has 3 N–H and O–H groups in total. The number of nitro benzene ring substituents is 1. The van der Waals surface area contributed by atoms with Gasteiger partial charge in [0.25, 0.3) is 21.6 Å². The molecule has 3 fully saturated rings. The second-order valence-corrected chi connectivity index (χ2v) is 18.1. The molecule has 1 atom stereocenters. The number of nitrogens with zero attached hydrogens (tertiary/aromatic N) is 4. The highest BCUT2D eigenvalue weighted by Gasteiger charge is 2.45. The summed E-state index contributed by atoms with van der Waals surface area (Å²) in [4.78, 5) is 42.5. The Labute approximate surface area is 334 Å². The van der Waals surface area contributed by atoms with E-state index in [1.54, 1.807) is 12.1 Å². The maximum absolute atomic E-state index is 13.3. The summed E-state index contributed by atoms with van der Waals surface area (Å²) in [6, 6.07) is 17.2. The number of anilines is 2. The third kappa shape index (κ3) is 9.14. The standard InChI is InChI=1S/C41H52ClN7O6S/c1-29(50)43-17-20-46-18-15-41(16-19-46)26-30(27-41)28-44-37-14-13-33(25-39(37)49(52)53)56(54,55)45-40(51)31-9-11-32(12-10-31)47-21-23-48(24-22-47)38-8-3-2-5-34-35(38)6-4-7-36(34)42/h4,6-7,9-14,25,30,38,44H,2-3,5,8,15-24,26-28H2,1H3,(H,43,50)(H,45,51)/t38-/m1/s1. The molecule has 3 aromatic carbocycles. The fourth-order valence-corrected chi connectivity index (χ4v) is 10.5. The summed E-state index contributed by atoms with van der Waals surface area (Å²) in [5, 5.41) is 18.9. The number of benzene rings is 3. The van der Waals surface area contributed by atoms with Gasteiger partial charge in [0.2, 0.25) is 5.91 Å². The summed E-state index contributed by atoms with van der Waals surface area (Å²) in [6.45, 7) is 8.98. The number of nitro groups is 1. The van der Waals surface area contributed by atoms with Gasteiger partial charge in [0, 0.05) is 81.1 Å². The van der Waals surface area contributed by atoms with Gasteiger partial charge in [-0.15, -0.1) is 0 Å². The van der Waals surface area contributed by atoms with E-state index in [2.05, 4.69) is 36.1 Å². The van der Waals surface area contributed by atoms with Crippen LogP contribution in [0.4, 0.5) is 17.1 Å². The molecule has 13 nitrogen and oxygen atoms in total. The van der Waals surface area contributed by atoms with Crippen LogP contribution in [0, 0.1) is 21.4 Å². The SMILES string of the molecule is CC(=O)NCCN1CCC2(CC1)CC(CNc1ccc(S(=O)(=O)NC(=O)c3ccc(N4CCN([C@@H]5CCCCc6c(Cl)cccc65)CC4)cc3)cc1[N+](=O)[O-])C2. The minimum absolute atomic E-state index is 0.0163. The van der Waals surface area contributed by atoms with Crippen LogP contribution in [0.3, 0.4) is 0 Å². The molecule has 0 unspecified atom stereocenters. The van der Waals surface area contributed by atoms with Gasteiger partial charge in [-0.1, -0.05) is 30.2 Å². The van der Waals surface area contributed by atoms with Gasteiger partial charge in [0.1, 0.15) is 5.69 Å². The number of nitrogens with one attached hydrogen (secondary N) is 3. The second-order valence-electron chi connectivity index (χ2n) is 16.0. The molecule has 56 heavy (non-hydrogen) atoms. The highest BCUT2D eigenvalue weighted by Crippen LogP contribution is 2.52. The minimum Gasteiger partial charge on any atom is -0.379 e. The number of fused-ring (bicyclic) bond motifs is 1. The lowest BCUT2D eigenvalue weighted by atomic mass is 9.57. The van der Waals surface area contributed by atoms with Gasteiger partial charge in [-0.05, 0) is 123 Å². The van der Waals surface area contributed by atoms with E-state index in [0.717, 1.165) is 108 Å². The molecule has 3 aromatic rings. The molecule has 4 aliphatic rings. The van der Waals surface area contributed by atoms with Crippen LogP contribution < -0.4 is 20.3 Å². The number of likely N-dealkylation sites (tertiary alicyclic amines) is 1. The number of rotatable bonds is 12. The van der Waals surface area contributed by atoms with Crippen molar-refractivity contribution in [3.63, 3.8) is 0 Å². The fourth-order valence-electron chi connectivity index (χ4n) is 9.27. The van der Waals surface area contributed by atoms with Crippen LogP contribution >= 0.6 is 11.6 Å². The van der Waals surface area contributed by atoms with Crippen LogP contribution in [0.2, 0.25) is 5.02 Å². The van der Waals surface area contributed by atoms with E-state index in [0.29, 0.717) is 30.5 Å². The van der Waals surface area contributed by atoms with Gasteiger partial charge in [-0.2, -0.15) is 0 Å². The average molecular weight is 806 g/mol. The lowest BCUT2D eigenvalue weighted by molar-refractivity contribution is -0.384. The number of amides is 2. The van der Waals surface area contributed by atoms with Crippen molar-refractivity contribution >= 4 is 50.5 Å². The van der Waals surface area contributed by atoms with E-state index in [1.165, 1.54) is 36.6 Å². The summed E-state index contributed by atoms with van der Waals surface area (Å²) < 4.78 is 28.7. The third-order valence-electron chi connectivity index (χ3n) is 12.4. The van der Waals surface area contributed by atoms with Crippen molar-refractivity contribution in [1.29, 1.82) is 0 Å². The summed E-state index contributed by atoms with van der Waals surface area (Å²) in [5.74, 6) is -0.463. The molecule has 2 aliphatic heterocycles. The molecule has 0 aromatic heterocycles. The number of carbonyl (C=O) groups is 2. The van der Waals surface area contributed by atoms with E-state index in [1.807, 2.05) is 24.3 Å². The lowest BCUT2D eigenvalue weighted by Gasteiger charge is -2.52. The molecule has 2 amide bonds. The number of piperazine rings is 1. The third-order valence-corrected chi connectivity index (χ3v) is 14.0.